The predicted molar refractivity (Wildman–Crippen MR) is 89.3 cm³/mol. The zero-order valence-electron chi connectivity index (χ0n) is 13.1. The molecule has 23 heavy (non-hydrogen) atoms. The van der Waals surface area contributed by atoms with Crippen molar-refractivity contribution >= 4 is 17.5 Å². The van der Waals surface area contributed by atoms with E-state index in [0.29, 0.717) is 12.3 Å². The molecule has 1 atom stereocenters. The monoisotopic (exact) mass is 332 g/mol. The number of hydrogen-bond donors (Lipinski definition) is 0. The predicted octanol–water partition coefficient (Wildman–Crippen LogP) is 3.12. The minimum atomic E-state index is 0.240. The number of benzene rings is 1. The maximum atomic E-state index is 12.4. The lowest BCUT2D eigenvalue weighted by Crippen LogP contribution is -2.39. The van der Waals surface area contributed by atoms with Crippen molar-refractivity contribution in [3.05, 3.63) is 47.5 Å². The van der Waals surface area contributed by atoms with E-state index in [1.54, 1.807) is 11.0 Å². The number of piperidine rings is 1. The third-order valence-electron chi connectivity index (χ3n) is 4.36. The summed E-state index contributed by atoms with van der Waals surface area (Å²) in [6.07, 6.45) is 6.75. The third kappa shape index (κ3) is 4.32. The molecular formula is C17H21ClN4O. The van der Waals surface area contributed by atoms with Crippen LogP contribution in [0.1, 0.15) is 37.2 Å². The zero-order valence-corrected chi connectivity index (χ0v) is 13.8. The summed E-state index contributed by atoms with van der Waals surface area (Å²) in [5.74, 6) is 0.657. The molecule has 2 heterocycles. The summed E-state index contributed by atoms with van der Waals surface area (Å²) in [6, 6.07) is 8.00. The van der Waals surface area contributed by atoms with Crippen LogP contribution in [0.15, 0.2) is 36.9 Å². The van der Waals surface area contributed by atoms with Crippen molar-refractivity contribution in [1.82, 2.24) is 19.7 Å². The van der Waals surface area contributed by atoms with Crippen LogP contribution in [-0.4, -0.2) is 38.7 Å². The molecule has 2 aromatic rings. The van der Waals surface area contributed by atoms with Gasteiger partial charge in [-0.25, -0.2) is 4.98 Å². The minimum absolute atomic E-state index is 0.240. The first kappa shape index (κ1) is 16.0. The number of amides is 1. The summed E-state index contributed by atoms with van der Waals surface area (Å²) in [7, 11) is 0. The highest BCUT2D eigenvalue weighted by atomic mass is 35.5. The fourth-order valence-electron chi connectivity index (χ4n) is 3.11. The summed E-state index contributed by atoms with van der Waals surface area (Å²) in [5.41, 5.74) is 1.27. The van der Waals surface area contributed by atoms with Crippen molar-refractivity contribution in [2.24, 2.45) is 0 Å². The Hall–Kier alpha value is -1.88. The van der Waals surface area contributed by atoms with Crippen LogP contribution in [0.3, 0.4) is 0 Å². The smallest absolute Gasteiger partial charge is 0.222 e. The average molecular weight is 333 g/mol. The van der Waals surface area contributed by atoms with E-state index in [2.05, 4.69) is 22.2 Å². The quantitative estimate of drug-likeness (QED) is 0.845. The summed E-state index contributed by atoms with van der Waals surface area (Å²) < 4.78 is 1.76. The van der Waals surface area contributed by atoms with Gasteiger partial charge in [-0.05, 0) is 37.0 Å². The first-order chi connectivity index (χ1) is 11.2. The Labute approximate surface area is 141 Å². The molecule has 1 fully saturated rings. The van der Waals surface area contributed by atoms with E-state index in [9.17, 15) is 4.79 Å². The normalized spacial score (nSPS) is 18.1. The maximum Gasteiger partial charge on any atom is 0.222 e. The molecule has 1 aromatic carbocycles. The second-order valence-corrected chi connectivity index (χ2v) is 6.43. The van der Waals surface area contributed by atoms with Gasteiger partial charge in [0, 0.05) is 37.0 Å². The molecule has 0 spiro atoms. The van der Waals surface area contributed by atoms with Crippen LogP contribution in [0.2, 0.25) is 5.02 Å². The number of carbonyl (C=O) groups is 1. The van der Waals surface area contributed by atoms with Crippen molar-refractivity contribution in [3.8, 4) is 0 Å². The molecule has 6 heteroatoms. The molecule has 0 bridgehead atoms. The van der Waals surface area contributed by atoms with E-state index < -0.39 is 0 Å². The topological polar surface area (TPSA) is 51.0 Å². The molecule has 3 rings (SSSR count). The molecule has 1 amide bonds. The molecule has 0 radical (unpaired) electrons. The van der Waals surface area contributed by atoms with Gasteiger partial charge in [0.1, 0.15) is 12.7 Å². The molecule has 1 aliphatic rings. The Balaban J connectivity index is 1.51. The highest BCUT2D eigenvalue weighted by Crippen LogP contribution is 2.28. The number of nitrogens with zero attached hydrogens (tertiary/aromatic N) is 4. The Kier molecular flexibility index (Phi) is 5.28. The molecule has 1 unspecified atom stereocenters. The number of aromatic nitrogens is 3. The van der Waals surface area contributed by atoms with Crippen molar-refractivity contribution in [3.63, 3.8) is 0 Å². The fourth-order valence-corrected chi connectivity index (χ4v) is 3.24. The van der Waals surface area contributed by atoms with Gasteiger partial charge in [0.25, 0.3) is 0 Å². The SMILES string of the molecule is O=C(CCCn1cncn1)N1CCCC(c2ccc(Cl)cc2)C1. The molecular weight excluding hydrogens is 312 g/mol. The number of carbonyl (C=O) groups excluding carboxylic acids is 1. The summed E-state index contributed by atoms with van der Waals surface area (Å²) in [5, 5.41) is 4.81. The van der Waals surface area contributed by atoms with Crippen LogP contribution in [0.4, 0.5) is 0 Å². The van der Waals surface area contributed by atoms with Crippen LogP contribution in [-0.2, 0) is 11.3 Å². The molecule has 0 aliphatic carbocycles. The Morgan fingerprint density at radius 2 is 2.13 bits per heavy atom. The molecule has 0 N–H and O–H groups in total. The number of likely N-dealkylation sites (tertiary alicyclic amines) is 1. The van der Waals surface area contributed by atoms with Gasteiger partial charge in [-0.2, -0.15) is 5.10 Å². The summed E-state index contributed by atoms with van der Waals surface area (Å²) >= 11 is 5.95. The van der Waals surface area contributed by atoms with Crippen molar-refractivity contribution in [2.45, 2.75) is 38.1 Å². The van der Waals surface area contributed by atoms with Gasteiger partial charge in [0.2, 0.25) is 5.91 Å². The van der Waals surface area contributed by atoms with Crippen molar-refractivity contribution < 1.29 is 4.79 Å². The van der Waals surface area contributed by atoms with E-state index in [0.717, 1.165) is 43.9 Å². The number of halogens is 1. The number of rotatable bonds is 5. The van der Waals surface area contributed by atoms with Crippen LogP contribution in [0, 0.1) is 0 Å². The van der Waals surface area contributed by atoms with Gasteiger partial charge in [0.05, 0.1) is 0 Å². The maximum absolute atomic E-state index is 12.4. The Bertz CT molecular complexity index is 627. The highest BCUT2D eigenvalue weighted by molar-refractivity contribution is 6.30. The van der Waals surface area contributed by atoms with Gasteiger partial charge in [-0.15, -0.1) is 0 Å². The van der Waals surface area contributed by atoms with Crippen LogP contribution in [0.5, 0.6) is 0 Å². The lowest BCUT2D eigenvalue weighted by molar-refractivity contribution is -0.132. The van der Waals surface area contributed by atoms with Crippen LogP contribution in [0.25, 0.3) is 0 Å². The van der Waals surface area contributed by atoms with E-state index in [1.807, 2.05) is 17.0 Å². The molecule has 5 nitrogen and oxygen atoms in total. The van der Waals surface area contributed by atoms with E-state index in [4.69, 9.17) is 11.6 Å². The molecule has 1 saturated heterocycles. The minimum Gasteiger partial charge on any atom is -0.342 e. The lowest BCUT2D eigenvalue weighted by Gasteiger charge is -2.33. The Morgan fingerprint density at radius 1 is 1.30 bits per heavy atom. The first-order valence-corrected chi connectivity index (χ1v) is 8.46. The second-order valence-electron chi connectivity index (χ2n) is 5.99. The summed E-state index contributed by atoms with van der Waals surface area (Å²) in [6.45, 7) is 2.41. The summed E-state index contributed by atoms with van der Waals surface area (Å²) in [4.78, 5) is 18.3. The van der Waals surface area contributed by atoms with Crippen LogP contribution < -0.4 is 0 Å². The lowest BCUT2D eigenvalue weighted by atomic mass is 9.90. The van der Waals surface area contributed by atoms with Crippen molar-refractivity contribution in [2.75, 3.05) is 13.1 Å². The van der Waals surface area contributed by atoms with E-state index in [1.165, 1.54) is 11.9 Å². The van der Waals surface area contributed by atoms with Crippen molar-refractivity contribution in [1.29, 1.82) is 0 Å². The van der Waals surface area contributed by atoms with Gasteiger partial charge >= 0.3 is 0 Å². The molecule has 0 saturated carbocycles. The Morgan fingerprint density at radius 3 is 2.87 bits per heavy atom. The van der Waals surface area contributed by atoms with Gasteiger partial charge < -0.3 is 4.90 Å². The number of hydrogen-bond acceptors (Lipinski definition) is 3. The molecule has 122 valence electrons. The zero-order chi connectivity index (χ0) is 16.1. The number of aryl methyl sites for hydroxylation is 1. The van der Waals surface area contributed by atoms with Crippen LogP contribution >= 0.6 is 11.6 Å². The first-order valence-electron chi connectivity index (χ1n) is 8.08. The van der Waals surface area contributed by atoms with E-state index in [-0.39, 0.29) is 5.91 Å². The van der Waals surface area contributed by atoms with Gasteiger partial charge in [-0.1, -0.05) is 23.7 Å². The van der Waals surface area contributed by atoms with Gasteiger partial charge in [-0.3, -0.25) is 9.48 Å². The highest BCUT2D eigenvalue weighted by Gasteiger charge is 2.24. The largest absolute Gasteiger partial charge is 0.342 e. The molecule has 1 aliphatic heterocycles. The fraction of sp³-hybridized carbons (Fsp3) is 0.471. The van der Waals surface area contributed by atoms with E-state index >= 15 is 0 Å². The van der Waals surface area contributed by atoms with Gasteiger partial charge in [0.15, 0.2) is 0 Å². The standard InChI is InChI=1S/C17H21ClN4O/c18-16-7-5-14(6-8-16)15-3-1-9-21(11-15)17(23)4-2-10-22-13-19-12-20-22/h5-8,12-13,15H,1-4,9-11H2. The molecule has 1 aromatic heterocycles. The third-order valence-corrected chi connectivity index (χ3v) is 4.61. The average Bonchev–Trinajstić information content (AvgIpc) is 3.09. The second kappa shape index (κ2) is 7.59.